The standard InChI is InChI=1S/C23H21N3O/c1-15-8-11-18(12-9-15)21-22(26-14-16(2)10-13-20(26)25-21)23(27)24-19-7-5-4-6-17(19)3/h4-14H,1-3H3,(H,24,27). The summed E-state index contributed by atoms with van der Waals surface area (Å²) in [7, 11) is 0. The number of nitrogens with one attached hydrogen (secondary N) is 1. The number of fused-ring (bicyclic) bond motifs is 1. The summed E-state index contributed by atoms with van der Waals surface area (Å²) in [5.74, 6) is -0.169. The first-order valence-electron chi connectivity index (χ1n) is 8.95. The molecular formula is C23H21N3O. The Kier molecular flexibility index (Phi) is 4.24. The van der Waals surface area contributed by atoms with E-state index in [0.29, 0.717) is 11.4 Å². The van der Waals surface area contributed by atoms with Crippen LogP contribution < -0.4 is 5.32 Å². The van der Waals surface area contributed by atoms with Gasteiger partial charge < -0.3 is 5.32 Å². The lowest BCUT2D eigenvalue weighted by Gasteiger charge is -2.10. The highest BCUT2D eigenvalue weighted by Gasteiger charge is 2.21. The number of carbonyl (C=O) groups excluding carboxylic acids is 1. The van der Waals surface area contributed by atoms with Crippen LogP contribution in [-0.2, 0) is 0 Å². The molecule has 0 saturated carbocycles. The fourth-order valence-electron chi connectivity index (χ4n) is 3.18. The van der Waals surface area contributed by atoms with Crippen molar-refractivity contribution >= 4 is 17.2 Å². The highest BCUT2D eigenvalue weighted by Crippen LogP contribution is 2.26. The number of pyridine rings is 1. The number of benzene rings is 2. The van der Waals surface area contributed by atoms with Gasteiger partial charge in [0.05, 0.1) is 0 Å². The van der Waals surface area contributed by atoms with E-state index in [4.69, 9.17) is 4.98 Å². The first-order chi connectivity index (χ1) is 13.0. The molecule has 0 radical (unpaired) electrons. The number of aromatic nitrogens is 2. The molecule has 0 atom stereocenters. The highest BCUT2D eigenvalue weighted by molar-refractivity contribution is 6.08. The zero-order valence-corrected chi connectivity index (χ0v) is 15.7. The summed E-state index contributed by atoms with van der Waals surface area (Å²) in [6.07, 6.45) is 1.95. The van der Waals surface area contributed by atoms with Gasteiger partial charge in [0.1, 0.15) is 17.0 Å². The Hall–Kier alpha value is -3.40. The summed E-state index contributed by atoms with van der Waals surface area (Å²) < 4.78 is 1.87. The Labute approximate surface area is 158 Å². The Morgan fingerprint density at radius 2 is 1.59 bits per heavy atom. The van der Waals surface area contributed by atoms with E-state index in [1.165, 1.54) is 5.56 Å². The van der Waals surface area contributed by atoms with E-state index < -0.39 is 0 Å². The fourth-order valence-corrected chi connectivity index (χ4v) is 3.18. The monoisotopic (exact) mass is 355 g/mol. The zero-order valence-electron chi connectivity index (χ0n) is 15.7. The van der Waals surface area contributed by atoms with Crippen LogP contribution in [0.5, 0.6) is 0 Å². The Morgan fingerprint density at radius 3 is 2.33 bits per heavy atom. The Morgan fingerprint density at radius 1 is 0.889 bits per heavy atom. The van der Waals surface area contributed by atoms with Gasteiger partial charge in [-0.05, 0) is 44.0 Å². The average Bonchev–Trinajstić information content (AvgIpc) is 3.03. The quantitative estimate of drug-likeness (QED) is 0.550. The van der Waals surface area contributed by atoms with E-state index >= 15 is 0 Å². The van der Waals surface area contributed by atoms with Crippen molar-refractivity contribution in [1.29, 1.82) is 0 Å². The van der Waals surface area contributed by atoms with Crippen molar-refractivity contribution in [3.05, 3.63) is 89.2 Å². The van der Waals surface area contributed by atoms with Gasteiger partial charge in [-0.2, -0.15) is 0 Å². The van der Waals surface area contributed by atoms with Gasteiger partial charge in [0.25, 0.3) is 5.91 Å². The Bertz CT molecular complexity index is 1140. The maximum atomic E-state index is 13.2. The van der Waals surface area contributed by atoms with E-state index in [0.717, 1.165) is 28.0 Å². The lowest BCUT2D eigenvalue weighted by molar-refractivity contribution is 0.102. The molecule has 0 aliphatic heterocycles. The summed E-state index contributed by atoms with van der Waals surface area (Å²) >= 11 is 0. The molecule has 4 aromatic rings. The van der Waals surface area contributed by atoms with Crippen molar-refractivity contribution in [2.45, 2.75) is 20.8 Å². The normalized spacial score (nSPS) is 10.9. The van der Waals surface area contributed by atoms with Crippen molar-refractivity contribution in [2.24, 2.45) is 0 Å². The highest BCUT2D eigenvalue weighted by atomic mass is 16.2. The molecule has 1 amide bonds. The smallest absolute Gasteiger partial charge is 0.274 e. The molecular weight excluding hydrogens is 334 g/mol. The molecule has 0 spiro atoms. The molecule has 134 valence electrons. The number of rotatable bonds is 3. The third-order valence-electron chi connectivity index (χ3n) is 4.70. The largest absolute Gasteiger partial charge is 0.320 e. The van der Waals surface area contributed by atoms with Crippen molar-refractivity contribution in [3.63, 3.8) is 0 Å². The summed E-state index contributed by atoms with van der Waals surface area (Å²) in [6.45, 7) is 6.03. The molecule has 0 aliphatic carbocycles. The first-order valence-corrected chi connectivity index (χ1v) is 8.95. The molecule has 0 aliphatic rings. The van der Waals surface area contributed by atoms with Crippen LogP contribution >= 0.6 is 0 Å². The van der Waals surface area contributed by atoms with Crippen LogP contribution in [0.3, 0.4) is 0 Å². The van der Waals surface area contributed by atoms with E-state index in [9.17, 15) is 4.79 Å². The molecule has 2 aromatic heterocycles. The van der Waals surface area contributed by atoms with E-state index in [1.807, 2.05) is 92.0 Å². The topological polar surface area (TPSA) is 46.4 Å². The summed E-state index contributed by atoms with van der Waals surface area (Å²) in [5, 5.41) is 3.05. The van der Waals surface area contributed by atoms with Crippen molar-refractivity contribution in [1.82, 2.24) is 9.38 Å². The molecule has 4 rings (SSSR count). The lowest BCUT2D eigenvalue weighted by atomic mass is 10.1. The van der Waals surface area contributed by atoms with Crippen molar-refractivity contribution in [2.75, 3.05) is 5.32 Å². The number of hydrogen-bond donors (Lipinski definition) is 1. The van der Waals surface area contributed by atoms with Gasteiger partial charge in [-0.3, -0.25) is 9.20 Å². The van der Waals surface area contributed by atoms with Gasteiger partial charge in [-0.25, -0.2) is 4.98 Å². The molecule has 0 bridgehead atoms. The maximum Gasteiger partial charge on any atom is 0.274 e. The molecule has 1 N–H and O–H groups in total. The third-order valence-corrected chi connectivity index (χ3v) is 4.70. The van der Waals surface area contributed by atoms with Crippen molar-refractivity contribution < 1.29 is 4.79 Å². The number of imidazole rings is 1. The van der Waals surface area contributed by atoms with E-state index in [-0.39, 0.29) is 5.91 Å². The summed E-state index contributed by atoms with van der Waals surface area (Å²) in [5.41, 5.74) is 6.98. The average molecular weight is 355 g/mol. The van der Waals surface area contributed by atoms with Gasteiger partial charge in [-0.15, -0.1) is 0 Å². The second kappa shape index (κ2) is 6.72. The molecule has 27 heavy (non-hydrogen) atoms. The molecule has 4 nitrogen and oxygen atoms in total. The molecule has 2 aromatic carbocycles. The minimum absolute atomic E-state index is 0.169. The second-order valence-corrected chi connectivity index (χ2v) is 6.88. The van der Waals surface area contributed by atoms with Gasteiger partial charge in [-0.1, -0.05) is 54.1 Å². The first kappa shape index (κ1) is 17.0. The van der Waals surface area contributed by atoms with E-state index in [2.05, 4.69) is 5.32 Å². The van der Waals surface area contributed by atoms with Gasteiger partial charge in [0, 0.05) is 17.4 Å². The number of aryl methyl sites for hydroxylation is 3. The fraction of sp³-hybridized carbons (Fsp3) is 0.130. The number of anilines is 1. The van der Waals surface area contributed by atoms with Gasteiger partial charge in [0.15, 0.2) is 0 Å². The van der Waals surface area contributed by atoms with Gasteiger partial charge in [0.2, 0.25) is 0 Å². The number of hydrogen-bond acceptors (Lipinski definition) is 2. The molecule has 0 unspecified atom stereocenters. The predicted molar refractivity (Wildman–Crippen MR) is 109 cm³/mol. The van der Waals surface area contributed by atoms with Crippen LogP contribution in [0.25, 0.3) is 16.9 Å². The molecule has 0 fully saturated rings. The number of carbonyl (C=O) groups is 1. The zero-order chi connectivity index (χ0) is 19.0. The van der Waals surface area contributed by atoms with Crippen LogP contribution in [0.1, 0.15) is 27.2 Å². The second-order valence-electron chi connectivity index (χ2n) is 6.88. The number of para-hydroxylation sites is 1. The predicted octanol–water partition coefficient (Wildman–Crippen LogP) is 5.18. The van der Waals surface area contributed by atoms with Crippen LogP contribution in [0, 0.1) is 20.8 Å². The van der Waals surface area contributed by atoms with Crippen molar-refractivity contribution in [3.8, 4) is 11.3 Å². The lowest BCUT2D eigenvalue weighted by Crippen LogP contribution is -2.16. The summed E-state index contributed by atoms with van der Waals surface area (Å²) in [4.78, 5) is 18.0. The number of amides is 1. The maximum absolute atomic E-state index is 13.2. The Balaban J connectivity index is 1.87. The van der Waals surface area contributed by atoms with E-state index in [1.54, 1.807) is 0 Å². The SMILES string of the molecule is Cc1ccc(-c2nc3ccc(C)cn3c2C(=O)Nc2ccccc2C)cc1. The third kappa shape index (κ3) is 3.22. The van der Waals surface area contributed by atoms with Crippen LogP contribution in [0.2, 0.25) is 0 Å². The van der Waals surface area contributed by atoms with Crippen LogP contribution in [-0.4, -0.2) is 15.3 Å². The minimum Gasteiger partial charge on any atom is -0.320 e. The molecule has 2 heterocycles. The minimum atomic E-state index is -0.169. The molecule has 0 saturated heterocycles. The number of nitrogens with zero attached hydrogens (tertiary/aromatic N) is 2. The van der Waals surface area contributed by atoms with Gasteiger partial charge >= 0.3 is 0 Å². The molecule has 4 heteroatoms. The van der Waals surface area contributed by atoms with Crippen LogP contribution in [0.15, 0.2) is 66.9 Å². The summed E-state index contributed by atoms with van der Waals surface area (Å²) in [6, 6.07) is 19.8. The van der Waals surface area contributed by atoms with Crippen LogP contribution in [0.4, 0.5) is 5.69 Å².